The summed E-state index contributed by atoms with van der Waals surface area (Å²) in [7, 11) is 1.60. The van der Waals surface area contributed by atoms with E-state index in [9.17, 15) is 9.59 Å². The number of H-pyrrole nitrogens is 1. The van der Waals surface area contributed by atoms with E-state index in [1.54, 1.807) is 23.0 Å². The van der Waals surface area contributed by atoms with Crippen molar-refractivity contribution in [1.82, 2.24) is 14.8 Å². The summed E-state index contributed by atoms with van der Waals surface area (Å²) in [5.74, 6) is 1.09. The molecule has 0 saturated carbocycles. The van der Waals surface area contributed by atoms with Gasteiger partial charge in [-0.1, -0.05) is 48.0 Å². The van der Waals surface area contributed by atoms with Gasteiger partial charge in [-0.3, -0.25) is 9.59 Å². The van der Waals surface area contributed by atoms with Crippen molar-refractivity contribution in [2.75, 3.05) is 40.0 Å². The highest BCUT2D eigenvalue weighted by molar-refractivity contribution is 6.00. The van der Waals surface area contributed by atoms with E-state index >= 15 is 0 Å². The van der Waals surface area contributed by atoms with Crippen LogP contribution in [-0.2, 0) is 11.3 Å². The van der Waals surface area contributed by atoms with Crippen molar-refractivity contribution in [3.05, 3.63) is 95.7 Å². The molecule has 3 aromatic carbocycles. The van der Waals surface area contributed by atoms with Gasteiger partial charge in [0.1, 0.15) is 30.3 Å². The maximum atomic E-state index is 12.9. The molecule has 4 aromatic rings. The summed E-state index contributed by atoms with van der Waals surface area (Å²) in [6.45, 7) is 3.66. The van der Waals surface area contributed by atoms with Crippen molar-refractivity contribution in [3.8, 4) is 11.5 Å². The number of aryl methyl sites for hydroxylation is 1. The number of amides is 2. The molecular formula is C30H33N3O5. The van der Waals surface area contributed by atoms with E-state index < -0.39 is 0 Å². The number of methoxy groups -OCH3 is 1. The van der Waals surface area contributed by atoms with Gasteiger partial charge in [-0.2, -0.15) is 0 Å². The third kappa shape index (κ3) is 6.92. The average Bonchev–Trinajstić information content (AvgIpc) is 3.37. The molecule has 0 radical (unpaired) electrons. The minimum Gasteiger partial charge on any atom is -0.497 e. The summed E-state index contributed by atoms with van der Waals surface area (Å²) in [6.07, 6.45) is 0. The van der Waals surface area contributed by atoms with Crippen molar-refractivity contribution >= 4 is 22.7 Å². The van der Waals surface area contributed by atoms with Crippen molar-refractivity contribution in [1.29, 1.82) is 0 Å². The van der Waals surface area contributed by atoms with Gasteiger partial charge in [0.25, 0.3) is 5.91 Å². The number of rotatable bonds is 7. The molecule has 8 nitrogen and oxygen atoms in total. The number of ether oxygens (including phenoxy) is 2. The Morgan fingerprint density at radius 1 is 0.974 bits per heavy atom. The molecular weight excluding hydrogens is 482 g/mol. The average molecular weight is 516 g/mol. The second kappa shape index (κ2) is 12.8. The van der Waals surface area contributed by atoms with E-state index in [0.29, 0.717) is 31.1 Å². The van der Waals surface area contributed by atoms with E-state index in [1.165, 1.54) is 5.56 Å². The van der Waals surface area contributed by atoms with Gasteiger partial charge < -0.3 is 29.4 Å². The second-order valence-corrected chi connectivity index (χ2v) is 9.05. The van der Waals surface area contributed by atoms with E-state index in [2.05, 4.69) is 24.0 Å². The lowest BCUT2D eigenvalue weighted by molar-refractivity contribution is -0.135. The smallest absolute Gasteiger partial charge is 0.270 e. The Labute approximate surface area is 222 Å². The third-order valence-corrected chi connectivity index (χ3v) is 6.24. The zero-order valence-corrected chi connectivity index (χ0v) is 21.7. The third-order valence-electron chi connectivity index (χ3n) is 6.24. The molecule has 2 heterocycles. The molecule has 38 heavy (non-hydrogen) atoms. The number of carbonyl (C=O) groups excluding carboxylic acids is 2. The van der Waals surface area contributed by atoms with Crippen molar-refractivity contribution in [3.63, 3.8) is 0 Å². The number of aliphatic hydroxyl groups excluding tert-OH is 1. The van der Waals surface area contributed by atoms with Crippen LogP contribution in [0, 0.1) is 6.92 Å². The normalized spacial score (nSPS) is 13.2. The first kappa shape index (κ1) is 26.8. The number of nitrogens with zero attached hydrogens (tertiary/aromatic N) is 2. The second-order valence-electron chi connectivity index (χ2n) is 9.05. The molecule has 1 fully saturated rings. The number of piperazine rings is 1. The monoisotopic (exact) mass is 515 g/mol. The Hall–Kier alpha value is -4.30. The van der Waals surface area contributed by atoms with Gasteiger partial charge in [0.05, 0.1) is 13.7 Å². The van der Waals surface area contributed by atoms with Crippen LogP contribution in [0.5, 0.6) is 11.5 Å². The van der Waals surface area contributed by atoms with E-state index in [1.807, 2.05) is 60.7 Å². The van der Waals surface area contributed by atoms with Gasteiger partial charge in [-0.15, -0.1) is 0 Å². The van der Waals surface area contributed by atoms with Gasteiger partial charge in [0.15, 0.2) is 0 Å². The van der Waals surface area contributed by atoms with E-state index in [4.69, 9.17) is 14.6 Å². The lowest BCUT2D eigenvalue weighted by Crippen LogP contribution is -2.51. The molecule has 1 aliphatic rings. The SMILES string of the molecule is COc1ccc2[nH]c(C(=O)N3CCN(Cc4cccc(OCCO)c4)C(=O)C3)cc2c1.Cc1ccccc1. The maximum absolute atomic E-state index is 12.9. The Kier molecular flexibility index (Phi) is 9.00. The zero-order valence-electron chi connectivity index (χ0n) is 21.7. The highest BCUT2D eigenvalue weighted by Gasteiger charge is 2.28. The van der Waals surface area contributed by atoms with Gasteiger partial charge >= 0.3 is 0 Å². The molecule has 2 N–H and O–H groups in total. The zero-order chi connectivity index (χ0) is 26.9. The highest BCUT2D eigenvalue weighted by Crippen LogP contribution is 2.23. The number of hydrogen-bond donors (Lipinski definition) is 2. The van der Waals surface area contributed by atoms with Crippen LogP contribution in [0.3, 0.4) is 0 Å². The van der Waals surface area contributed by atoms with Gasteiger partial charge in [0.2, 0.25) is 5.91 Å². The highest BCUT2D eigenvalue weighted by atomic mass is 16.5. The molecule has 1 aromatic heterocycles. The van der Waals surface area contributed by atoms with Crippen molar-refractivity contribution < 1.29 is 24.2 Å². The molecule has 0 bridgehead atoms. The van der Waals surface area contributed by atoms with Crippen LogP contribution in [0.4, 0.5) is 0 Å². The van der Waals surface area contributed by atoms with E-state index in [-0.39, 0.29) is 31.6 Å². The predicted octanol–water partition coefficient (Wildman–Crippen LogP) is 4.03. The largest absolute Gasteiger partial charge is 0.497 e. The number of benzene rings is 3. The van der Waals surface area contributed by atoms with Crippen LogP contribution in [0.1, 0.15) is 21.6 Å². The molecule has 0 spiro atoms. The molecule has 1 aliphatic heterocycles. The summed E-state index contributed by atoms with van der Waals surface area (Å²) in [5, 5.41) is 9.78. The Morgan fingerprint density at radius 3 is 2.47 bits per heavy atom. The van der Waals surface area contributed by atoms with Gasteiger partial charge in [0, 0.05) is 30.5 Å². The van der Waals surface area contributed by atoms with Gasteiger partial charge in [-0.25, -0.2) is 0 Å². The molecule has 2 amide bonds. The topological polar surface area (TPSA) is 95.1 Å². The minimum absolute atomic E-state index is 0.0399. The lowest BCUT2D eigenvalue weighted by atomic mass is 10.1. The number of aromatic nitrogens is 1. The fourth-order valence-electron chi connectivity index (χ4n) is 4.22. The fourth-order valence-corrected chi connectivity index (χ4v) is 4.22. The molecule has 5 rings (SSSR count). The van der Waals surface area contributed by atoms with Crippen LogP contribution in [-0.4, -0.2) is 71.7 Å². The Morgan fingerprint density at radius 2 is 1.79 bits per heavy atom. The molecule has 198 valence electrons. The number of hydrogen-bond acceptors (Lipinski definition) is 5. The summed E-state index contributed by atoms with van der Waals surface area (Å²) in [6, 6.07) is 25.1. The molecule has 0 unspecified atom stereocenters. The van der Waals surface area contributed by atoms with Crippen LogP contribution < -0.4 is 9.47 Å². The van der Waals surface area contributed by atoms with Gasteiger partial charge in [-0.05, 0) is 48.9 Å². The minimum atomic E-state index is -0.192. The number of carbonyl (C=O) groups is 2. The quantitative estimate of drug-likeness (QED) is 0.388. The van der Waals surface area contributed by atoms with Crippen molar-refractivity contribution in [2.24, 2.45) is 0 Å². The van der Waals surface area contributed by atoms with Crippen LogP contribution in [0.25, 0.3) is 10.9 Å². The first-order valence-electron chi connectivity index (χ1n) is 12.5. The first-order chi connectivity index (χ1) is 18.5. The number of fused-ring (bicyclic) bond motifs is 1. The molecule has 0 aliphatic carbocycles. The molecule has 8 heteroatoms. The van der Waals surface area contributed by atoms with Crippen LogP contribution in [0.2, 0.25) is 0 Å². The first-order valence-corrected chi connectivity index (χ1v) is 12.5. The van der Waals surface area contributed by atoms with Crippen LogP contribution in [0.15, 0.2) is 78.9 Å². The Bertz CT molecular complexity index is 1370. The fraction of sp³-hybridized carbons (Fsp3) is 0.267. The lowest BCUT2D eigenvalue weighted by Gasteiger charge is -2.34. The summed E-state index contributed by atoms with van der Waals surface area (Å²) in [5.41, 5.74) is 3.56. The maximum Gasteiger partial charge on any atom is 0.270 e. The number of aliphatic hydroxyl groups is 1. The number of aromatic amines is 1. The Balaban J connectivity index is 0.000000417. The molecule has 0 atom stereocenters. The van der Waals surface area contributed by atoms with E-state index in [0.717, 1.165) is 22.2 Å². The summed E-state index contributed by atoms with van der Waals surface area (Å²) < 4.78 is 10.7. The molecule has 1 saturated heterocycles. The predicted molar refractivity (Wildman–Crippen MR) is 146 cm³/mol. The van der Waals surface area contributed by atoms with Crippen LogP contribution >= 0.6 is 0 Å². The number of nitrogens with one attached hydrogen (secondary N) is 1. The standard InChI is InChI=1S/C23H25N3O5.C7H8/c1-30-18-5-6-20-17(12-18)13-21(24-20)23(29)26-8-7-25(22(28)15-26)14-16-3-2-4-19(11-16)31-10-9-27;1-7-5-3-2-4-6-7/h2-6,11-13,24,27H,7-10,14-15H2,1H3;2-6H,1H3. The summed E-state index contributed by atoms with van der Waals surface area (Å²) >= 11 is 0. The summed E-state index contributed by atoms with van der Waals surface area (Å²) in [4.78, 5) is 32.1. The van der Waals surface area contributed by atoms with Crippen molar-refractivity contribution in [2.45, 2.75) is 13.5 Å².